The third kappa shape index (κ3) is 5.37. The molecule has 1 amide bonds. The van der Waals surface area contributed by atoms with Gasteiger partial charge < -0.3 is 9.84 Å². The largest absolute Gasteiger partial charge is 0.481 e. The molecule has 6 heteroatoms. The van der Waals surface area contributed by atoms with Gasteiger partial charge in [-0.05, 0) is 38.5 Å². The lowest BCUT2D eigenvalue weighted by molar-refractivity contribution is -0.136. The number of nitrogens with one attached hydrogen (secondary N) is 1. The quantitative estimate of drug-likeness (QED) is 0.884. The molecule has 0 heterocycles. The first kappa shape index (κ1) is 14.9. The third-order valence-electron chi connectivity index (χ3n) is 2.05. The molecule has 0 atom stereocenters. The zero-order valence-electron chi connectivity index (χ0n) is 11.0. The molecule has 0 spiro atoms. The molecule has 0 saturated heterocycles. The van der Waals surface area contributed by atoms with E-state index in [1.54, 1.807) is 20.8 Å². The van der Waals surface area contributed by atoms with Crippen molar-refractivity contribution in [2.24, 2.45) is 0 Å². The number of anilines is 1. The van der Waals surface area contributed by atoms with Crippen LogP contribution in [0.1, 0.15) is 26.3 Å². The predicted molar refractivity (Wildman–Crippen MR) is 67.6 cm³/mol. The number of carbonyl (C=O) groups is 2. The molecule has 1 rings (SSSR count). The molecular formula is C13H16FNO4. The topological polar surface area (TPSA) is 75.6 Å². The van der Waals surface area contributed by atoms with Gasteiger partial charge in [0.25, 0.3) is 0 Å². The van der Waals surface area contributed by atoms with Crippen LogP contribution in [0.4, 0.5) is 14.9 Å². The van der Waals surface area contributed by atoms with Crippen molar-refractivity contribution in [2.45, 2.75) is 32.8 Å². The fourth-order valence-corrected chi connectivity index (χ4v) is 1.40. The Morgan fingerprint density at radius 1 is 1.37 bits per heavy atom. The molecule has 19 heavy (non-hydrogen) atoms. The number of carboxylic acid groups (broad SMARTS) is 1. The molecule has 0 aliphatic heterocycles. The van der Waals surface area contributed by atoms with Gasteiger partial charge in [0.2, 0.25) is 0 Å². The molecule has 0 fully saturated rings. The summed E-state index contributed by atoms with van der Waals surface area (Å²) in [7, 11) is 0. The molecule has 0 bridgehead atoms. The molecule has 0 aromatic heterocycles. The number of ether oxygens (including phenoxy) is 1. The van der Waals surface area contributed by atoms with Crippen molar-refractivity contribution in [2.75, 3.05) is 5.32 Å². The Balaban J connectivity index is 2.89. The van der Waals surface area contributed by atoms with Crippen LogP contribution in [0.15, 0.2) is 18.2 Å². The number of amides is 1. The minimum atomic E-state index is -1.07. The summed E-state index contributed by atoms with van der Waals surface area (Å²) in [5, 5.41) is 11.1. The van der Waals surface area contributed by atoms with E-state index in [4.69, 9.17) is 9.84 Å². The van der Waals surface area contributed by atoms with Crippen LogP contribution in [0.25, 0.3) is 0 Å². The Morgan fingerprint density at radius 2 is 2.00 bits per heavy atom. The van der Waals surface area contributed by atoms with Gasteiger partial charge in [0.05, 0.1) is 12.1 Å². The number of carboxylic acids is 1. The van der Waals surface area contributed by atoms with Crippen LogP contribution in [-0.4, -0.2) is 22.8 Å². The molecule has 1 aromatic rings. The average molecular weight is 269 g/mol. The fourth-order valence-electron chi connectivity index (χ4n) is 1.40. The molecule has 0 aliphatic carbocycles. The first-order valence-electron chi connectivity index (χ1n) is 5.67. The Hall–Kier alpha value is -2.11. The smallest absolute Gasteiger partial charge is 0.412 e. The van der Waals surface area contributed by atoms with E-state index >= 15 is 0 Å². The van der Waals surface area contributed by atoms with Crippen LogP contribution in [0.2, 0.25) is 0 Å². The fraction of sp³-hybridized carbons (Fsp3) is 0.385. The van der Waals surface area contributed by atoms with Gasteiger partial charge in [-0.3, -0.25) is 10.1 Å². The highest BCUT2D eigenvalue weighted by Gasteiger charge is 2.18. The lowest BCUT2D eigenvalue weighted by atomic mass is 10.1. The highest BCUT2D eigenvalue weighted by molar-refractivity contribution is 5.87. The molecule has 0 unspecified atom stereocenters. The Labute approximate surface area is 110 Å². The number of aliphatic carboxylic acids is 1. The first-order valence-corrected chi connectivity index (χ1v) is 5.67. The molecule has 104 valence electrons. The first-order chi connectivity index (χ1) is 8.67. The number of carbonyl (C=O) groups excluding carboxylic acids is 1. The van der Waals surface area contributed by atoms with Crippen LogP contribution in [-0.2, 0) is 16.0 Å². The minimum Gasteiger partial charge on any atom is -0.481 e. The summed E-state index contributed by atoms with van der Waals surface area (Å²) in [6.07, 6.45) is -1.07. The standard InChI is InChI=1S/C13H16FNO4/c1-13(2,3)19-12(18)15-10-7-9(14)5-4-8(10)6-11(16)17/h4-5,7H,6H2,1-3H3,(H,15,18)(H,16,17). The highest BCUT2D eigenvalue weighted by atomic mass is 19.1. The third-order valence-corrected chi connectivity index (χ3v) is 2.05. The Bertz CT molecular complexity index is 494. The maximum atomic E-state index is 13.1. The second-order valence-electron chi connectivity index (χ2n) is 5.00. The van der Waals surface area contributed by atoms with E-state index in [1.807, 2.05) is 0 Å². The molecular weight excluding hydrogens is 253 g/mol. The van der Waals surface area contributed by atoms with Gasteiger partial charge in [0, 0.05) is 0 Å². The van der Waals surface area contributed by atoms with Crippen LogP contribution in [0.5, 0.6) is 0 Å². The number of rotatable bonds is 3. The summed E-state index contributed by atoms with van der Waals surface area (Å²) < 4.78 is 18.2. The number of halogens is 1. The summed E-state index contributed by atoms with van der Waals surface area (Å²) in [6.45, 7) is 5.07. The average Bonchev–Trinajstić information content (AvgIpc) is 2.18. The van der Waals surface area contributed by atoms with Gasteiger partial charge in [-0.25, -0.2) is 9.18 Å². The van der Waals surface area contributed by atoms with Crippen molar-refractivity contribution >= 4 is 17.7 Å². The van der Waals surface area contributed by atoms with Gasteiger partial charge in [0.15, 0.2) is 0 Å². The number of benzene rings is 1. The van der Waals surface area contributed by atoms with E-state index in [0.717, 1.165) is 12.1 Å². The molecule has 0 radical (unpaired) electrons. The van der Waals surface area contributed by atoms with E-state index < -0.39 is 23.5 Å². The van der Waals surface area contributed by atoms with E-state index in [-0.39, 0.29) is 12.1 Å². The number of hydrogen-bond acceptors (Lipinski definition) is 3. The predicted octanol–water partition coefficient (Wildman–Crippen LogP) is 2.80. The van der Waals surface area contributed by atoms with Crippen molar-refractivity contribution in [3.05, 3.63) is 29.6 Å². The summed E-state index contributed by atoms with van der Waals surface area (Å²) in [5.74, 6) is -1.64. The van der Waals surface area contributed by atoms with Gasteiger partial charge in [-0.15, -0.1) is 0 Å². The zero-order chi connectivity index (χ0) is 14.6. The maximum Gasteiger partial charge on any atom is 0.412 e. The molecule has 2 N–H and O–H groups in total. The lowest BCUT2D eigenvalue weighted by Gasteiger charge is -2.20. The van der Waals surface area contributed by atoms with Crippen molar-refractivity contribution in [1.29, 1.82) is 0 Å². The SMILES string of the molecule is CC(C)(C)OC(=O)Nc1cc(F)ccc1CC(=O)O. The molecule has 1 aromatic carbocycles. The van der Waals surface area contributed by atoms with Gasteiger partial charge in [-0.2, -0.15) is 0 Å². The molecule has 0 aliphatic rings. The van der Waals surface area contributed by atoms with Crippen molar-refractivity contribution in [3.63, 3.8) is 0 Å². The zero-order valence-corrected chi connectivity index (χ0v) is 11.0. The van der Waals surface area contributed by atoms with Crippen LogP contribution in [0, 0.1) is 5.82 Å². The number of hydrogen-bond donors (Lipinski definition) is 2. The molecule has 0 saturated carbocycles. The van der Waals surface area contributed by atoms with Crippen LogP contribution < -0.4 is 5.32 Å². The van der Waals surface area contributed by atoms with E-state index in [9.17, 15) is 14.0 Å². The van der Waals surface area contributed by atoms with Gasteiger partial charge in [-0.1, -0.05) is 6.07 Å². The van der Waals surface area contributed by atoms with Crippen molar-refractivity contribution in [3.8, 4) is 0 Å². The van der Waals surface area contributed by atoms with Gasteiger partial charge in [0.1, 0.15) is 11.4 Å². The van der Waals surface area contributed by atoms with Crippen molar-refractivity contribution < 1.29 is 23.8 Å². The summed E-state index contributed by atoms with van der Waals surface area (Å²) in [6, 6.07) is 3.51. The second-order valence-corrected chi connectivity index (χ2v) is 5.00. The monoisotopic (exact) mass is 269 g/mol. The normalized spacial score (nSPS) is 10.9. The summed E-state index contributed by atoms with van der Waals surface area (Å²) in [5.41, 5.74) is -0.291. The van der Waals surface area contributed by atoms with Crippen LogP contribution >= 0.6 is 0 Å². The lowest BCUT2D eigenvalue weighted by Crippen LogP contribution is -2.27. The van der Waals surface area contributed by atoms with E-state index in [0.29, 0.717) is 5.56 Å². The Kier molecular flexibility index (Phi) is 4.47. The summed E-state index contributed by atoms with van der Waals surface area (Å²) in [4.78, 5) is 22.3. The minimum absolute atomic E-state index is 0.0941. The van der Waals surface area contributed by atoms with E-state index in [1.165, 1.54) is 6.07 Å². The van der Waals surface area contributed by atoms with Gasteiger partial charge >= 0.3 is 12.1 Å². The molecule has 5 nitrogen and oxygen atoms in total. The van der Waals surface area contributed by atoms with E-state index in [2.05, 4.69) is 5.32 Å². The van der Waals surface area contributed by atoms with Crippen LogP contribution in [0.3, 0.4) is 0 Å². The maximum absolute atomic E-state index is 13.1. The Morgan fingerprint density at radius 3 is 2.53 bits per heavy atom. The van der Waals surface area contributed by atoms with Crippen molar-refractivity contribution in [1.82, 2.24) is 0 Å². The summed E-state index contributed by atoms with van der Waals surface area (Å²) >= 11 is 0. The second kappa shape index (κ2) is 5.69. The highest BCUT2D eigenvalue weighted by Crippen LogP contribution is 2.19.